The monoisotopic (exact) mass is 314 g/mol. The summed E-state index contributed by atoms with van der Waals surface area (Å²) in [6.07, 6.45) is -4.26. The average molecular weight is 314 g/mol. The number of nitro benzene ring substituents is 1. The number of nitro groups is 1. The molecule has 1 aromatic rings. The molecule has 1 aromatic carbocycles. The Morgan fingerprint density at radius 3 is 1.77 bits per heavy atom. The summed E-state index contributed by atoms with van der Waals surface area (Å²) in [5, 5.41) is 46.3. The summed E-state index contributed by atoms with van der Waals surface area (Å²) < 4.78 is 0. The second-order valence-electron chi connectivity index (χ2n) is 3.62. The third-order valence-corrected chi connectivity index (χ3v) is 2.41. The highest BCUT2D eigenvalue weighted by Crippen LogP contribution is 2.34. The zero-order valence-corrected chi connectivity index (χ0v) is 10.3. The van der Waals surface area contributed by atoms with Crippen LogP contribution >= 0.6 is 0 Å². The molecule has 0 unspecified atom stereocenters. The molecule has 0 heterocycles. The molecule has 0 aliphatic heterocycles. The van der Waals surface area contributed by atoms with Crippen LogP contribution in [0.15, 0.2) is 12.1 Å². The van der Waals surface area contributed by atoms with Crippen LogP contribution < -0.4 is 4.90 Å². The van der Waals surface area contributed by atoms with Crippen LogP contribution in [-0.4, -0.2) is 49.5 Å². The van der Waals surface area contributed by atoms with E-state index in [1.807, 2.05) is 0 Å². The molecule has 12 nitrogen and oxygen atoms in total. The van der Waals surface area contributed by atoms with Gasteiger partial charge < -0.3 is 20.4 Å². The van der Waals surface area contributed by atoms with Crippen LogP contribution in [0.2, 0.25) is 0 Å². The fourth-order valence-electron chi connectivity index (χ4n) is 1.63. The molecule has 0 atom stereocenters. The van der Waals surface area contributed by atoms with E-state index in [1.165, 1.54) is 0 Å². The molecule has 0 radical (unpaired) electrons. The minimum absolute atomic E-state index is 0.490. The third-order valence-electron chi connectivity index (χ3n) is 2.41. The molecule has 2 amide bonds. The van der Waals surface area contributed by atoms with E-state index in [0.717, 1.165) is 0 Å². The highest BCUT2D eigenvalue weighted by atomic mass is 16.6. The summed E-state index contributed by atoms with van der Waals surface area (Å²) in [6.45, 7) is 0. The lowest BCUT2D eigenvalue weighted by Crippen LogP contribution is -2.35. The summed E-state index contributed by atoms with van der Waals surface area (Å²) in [7, 11) is 0. The number of carboxylic acids is 2. The van der Waals surface area contributed by atoms with Crippen LogP contribution in [0.3, 0.4) is 0 Å². The molecule has 116 valence electrons. The Hall–Kier alpha value is -3.70. The highest BCUT2D eigenvalue weighted by Gasteiger charge is 2.37. The van der Waals surface area contributed by atoms with Gasteiger partial charge in [-0.05, 0) is 12.1 Å². The number of anilines is 1. The predicted octanol–water partition coefficient (Wildman–Crippen LogP) is 1.15. The summed E-state index contributed by atoms with van der Waals surface area (Å²) in [5.41, 5.74) is -4.88. The number of rotatable bonds is 4. The van der Waals surface area contributed by atoms with Crippen molar-refractivity contribution in [3.63, 3.8) is 0 Å². The molecule has 1 rings (SSSR count). The first-order valence-electron chi connectivity index (χ1n) is 5.13. The summed E-state index contributed by atoms with van der Waals surface area (Å²) in [6, 6.07) is 1.09. The quantitative estimate of drug-likeness (QED) is 0.462. The van der Waals surface area contributed by atoms with Crippen molar-refractivity contribution in [2.45, 2.75) is 0 Å². The maximum atomic E-state index is 11.1. The first-order valence-corrected chi connectivity index (χ1v) is 5.13. The Balaban J connectivity index is 3.89. The Morgan fingerprint density at radius 1 is 0.955 bits per heavy atom. The van der Waals surface area contributed by atoms with Gasteiger partial charge in [0.15, 0.2) is 5.56 Å². The molecular formula is C10H6N2O10. The van der Waals surface area contributed by atoms with Crippen molar-refractivity contribution >= 4 is 35.5 Å². The number of hydrogen-bond donors (Lipinski definition) is 4. The van der Waals surface area contributed by atoms with E-state index in [9.17, 15) is 29.3 Å². The molecule has 0 saturated carbocycles. The molecule has 0 bridgehead atoms. The zero-order chi connectivity index (χ0) is 17.2. The van der Waals surface area contributed by atoms with Gasteiger partial charge in [-0.3, -0.25) is 10.1 Å². The molecule has 0 fully saturated rings. The molecule has 0 aromatic heterocycles. The number of benzene rings is 1. The van der Waals surface area contributed by atoms with Crippen molar-refractivity contribution in [1.82, 2.24) is 0 Å². The van der Waals surface area contributed by atoms with Gasteiger partial charge >= 0.3 is 29.8 Å². The Bertz CT molecular complexity index is 696. The third kappa shape index (κ3) is 2.74. The maximum absolute atomic E-state index is 11.1. The molecule has 0 aliphatic carbocycles. The summed E-state index contributed by atoms with van der Waals surface area (Å²) in [5.74, 6) is -3.84. The van der Waals surface area contributed by atoms with Gasteiger partial charge in [-0.25, -0.2) is 19.2 Å². The first kappa shape index (κ1) is 16.4. The fraction of sp³-hybridized carbons (Fsp3) is 0. The van der Waals surface area contributed by atoms with Gasteiger partial charge in [0.1, 0.15) is 5.69 Å². The van der Waals surface area contributed by atoms with Gasteiger partial charge in [-0.1, -0.05) is 0 Å². The van der Waals surface area contributed by atoms with Crippen molar-refractivity contribution in [2.24, 2.45) is 0 Å². The minimum atomic E-state index is -2.13. The largest absolute Gasteiger partial charge is 0.478 e. The smallest absolute Gasteiger partial charge is 0.421 e. The van der Waals surface area contributed by atoms with Crippen LogP contribution in [0.25, 0.3) is 0 Å². The number of carbonyl (C=O) groups is 4. The summed E-state index contributed by atoms with van der Waals surface area (Å²) in [4.78, 5) is 52.9. The van der Waals surface area contributed by atoms with Crippen LogP contribution in [-0.2, 0) is 0 Å². The molecule has 22 heavy (non-hydrogen) atoms. The van der Waals surface area contributed by atoms with E-state index >= 15 is 0 Å². The average Bonchev–Trinajstić information content (AvgIpc) is 2.36. The van der Waals surface area contributed by atoms with E-state index in [4.69, 9.17) is 20.4 Å². The Kier molecular flexibility index (Phi) is 4.27. The number of hydrogen-bond acceptors (Lipinski definition) is 6. The zero-order valence-electron chi connectivity index (χ0n) is 10.3. The first-order chi connectivity index (χ1) is 10.1. The van der Waals surface area contributed by atoms with E-state index in [0.29, 0.717) is 12.1 Å². The van der Waals surface area contributed by atoms with Gasteiger partial charge in [0.2, 0.25) is 0 Å². The van der Waals surface area contributed by atoms with Gasteiger partial charge in [0, 0.05) is 0 Å². The van der Waals surface area contributed by atoms with Crippen molar-refractivity contribution in [3.8, 4) is 0 Å². The van der Waals surface area contributed by atoms with E-state index in [1.54, 1.807) is 0 Å². The lowest BCUT2D eigenvalue weighted by molar-refractivity contribution is -0.384. The van der Waals surface area contributed by atoms with E-state index in [2.05, 4.69) is 0 Å². The van der Waals surface area contributed by atoms with Crippen LogP contribution in [0.5, 0.6) is 0 Å². The molecule has 4 N–H and O–H groups in total. The SMILES string of the molecule is O=C(O)c1ccc(N(C(=O)O)C(=O)O)c([N+](=O)[O-])c1C(=O)O. The van der Waals surface area contributed by atoms with Gasteiger partial charge in [-0.15, -0.1) is 0 Å². The topological polar surface area (TPSA) is 196 Å². The molecular weight excluding hydrogens is 308 g/mol. The Morgan fingerprint density at radius 2 is 1.45 bits per heavy atom. The van der Waals surface area contributed by atoms with Crippen molar-refractivity contribution < 1.29 is 44.5 Å². The van der Waals surface area contributed by atoms with E-state index < -0.39 is 56.4 Å². The molecule has 0 spiro atoms. The minimum Gasteiger partial charge on any atom is -0.478 e. The maximum Gasteiger partial charge on any atom is 0.421 e. The van der Waals surface area contributed by atoms with Crippen molar-refractivity contribution in [2.75, 3.05) is 4.90 Å². The number of carboxylic acid groups (broad SMARTS) is 4. The number of imide groups is 1. The lowest BCUT2D eigenvalue weighted by Gasteiger charge is -2.15. The molecule has 0 aliphatic rings. The fourth-order valence-corrected chi connectivity index (χ4v) is 1.63. The van der Waals surface area contributed by atoms with Crippen molar-refractivity contribution in [3.05, 3.63) is 33.4 Å². The van der Waals surface area contributed by atoms with Gasteiger partial charge in [0.05, 0.1) is 10.5 Å². The second-order valence-corrected chi connectivity index (χ2v) is 3.62. The summed E-state index contributed by atoms with van der Waals surface area (Å²) >= 11 is 0. The van der Waals surface area contributed by atoms with Gasteiger partial charge in [-0.2, -0.15) is 4.90 Å². The predicted molar refractivity (Wildman–Crippen MR) is 65.5 cm³/mol. The lowest BCUT2D eigenvalue weighted by atomic mass is 10.0. The highest BCUT2D eigenvalue weighted by molar-refractivity contribution is 6.13. The number of aromatic carboxylic acids is 2. The molecule has 12 heteroatoms. The van der Waals surface area contributed by atoms with Crippen molar-refractivity contribution in [1.29, 1.82) is 0 Å². The molecule has 0 saturated heterocycles. The second kappa shape index (κ2) is 5.74. The standard InChI is InChI=1S/C10H6N2O10/c13-7(14)3-1-2-4(11(9(17)18)10(19)20)6(12(21)22)5(3)8(15)16/h1-2H,(H,13,14)(H,15,16)(H,17,18)(H,19,20). The van der Waals surface area contributed by atoms with Crippen LogP contribution in [0, 0.1) is 10.1 Å². The van der Waals surface area contributed by atoms with Crippen LogP contribution in [0.4, 0.5) is 21.0 Å². The number of amides is 2. The van der Waals surface area contributed by atoms with Crippen LogP contribution in [0.1, 0.15) is 20.7 Å². The van der Waals surface area contributed by atoms with E-state index in [-0.39, 0.29) is 0 Å². The Labute approximate surface area is 119 Å². The van der Waals surface area contributed by atoms with Gasteiger partial charge in [0.25, 0.3) is 0 Å². The number of nitrogens with zero attached hydrogens (tertiary/aromatic N) is 2. The normalized spacial score (nSPS) is 9.82.